The van der Waals surface area contributed by atoms with E-state index in [2.05, 4.69) is 61.0 Å². The van der Waals surface area contributed by atoms with E-state index in [-0.39, 0.29) is 5.91 Å². The van der Waals surface area contributed by atoms with Gasteiger partial charge in [0.1, 0.15) is 0 Å². The number of carbonyl (C=O) groups is 2. The number of nitrogens with one attached hydrogen (secondary N) is 1. The van der Waals surface area contributed by atoms with Gasteiger partial charge in [0.25, 0.3) is 5.91 Å². The van der Waals surface area contributed by atoms with Crippen LogP contribution in [0.5, 0.6) is 0 Å². The molecule has 3 aliphatic heterocycles. The maximum atomic E-state index is 13.0. The first kappa shape index (κ1) is 26.3. The molecule has 2 fully saturated rings. The number of guanidine groups is 1. The zero-order valence-corrected chi connectivity index (χ0v) is 23.3. The van der Waals surface area contributed by atoms with E-state index in [4.69, 9.17) is 4.99 Å². The van der Waals surface area contributed by atoms with Crippen molar-refractivity contribution in [1.29, 1.82) is 0 Å². The average Bonchev–Trinajstić information content (AvgIpc) is 3.61. The summed E-state index contributed by atoms with van der Waals surface area (Å²) in [4.78, 5) is 36.3. The second-order valence-corrected chi connectivity index (χ2v) is 11.5. The molecule has 40 heavy (non-hydrogen) atoms. The smallest absolute Gasteiger partial charge is 0.325 e. The van der Waals surface area contributed by atoms with Crippen LogP contribution in [0.2, 0.25) is 0 Å². The minimum atomic E-state index is -0.528. The molecule has 1 aromatic heterocycles. The highest BCUT2D eigenvalue weighted by atomic mass is 32.2. The third-order valence-electron chi connectivity index (χ3n) is 7.82. The molecular weight excluding hydrogens is 526 g/mol. The van der Waals surface area contributed by atoms with Crippen molar-refractivity contribution in [3.05, 3.63) is 66.2 Å². The van der Waals surface area contributed by atoms with Gasteiger partial charge in [0.2, 0.25) is 5.16 Å². The normalized spacial score (nSPS) is 21.4. The third kappa shape index (κ3) is 5.40. The molecule has 0 radical (unpaired) electrons. The van der Waals surface area contributed by atoms with E-state index in [1.165, 1.54) is 10.5 Å². The number of amides is 3. The molecule has 3 aliphatic rings. The first-order valence-corrected chi connectivity index (χ1v) is 14.7. The summed E-state index contributed by atoms with van der Waals surface area (Å²) in [5, 5.41) is 15.4. The summed E-state index contributed by atoms with van der Waals surface area (Å²) in [5.74, 6) is 1.93. The Morgan fingerprint density at radius 1 is 1.00 bits per heavy atom. The molecule has 1 N–H and O–H groups in total. The molecule has 0 spiro atoms. The van der Waals surface area contributed by atoms with E-state index in [0.717, 1.165) is 61.3 Å². The van der Waals surface area contributed by atoms with Crippen LogP contribution < -0.4 is 5.32 Å². The number of tetrazole rings is 1. The van der Waals surface area contributed by atoms with Crippen molar-refractivity contribution in [2.24, 2.45) is 10.9 Å². The molecule has 208 valence electrons. The summed E-state index contributed by atoms with van der Waals surface area (Å²) in [6.07, 6.45) is 3.49. The number of thioether (sulfide) groups is 1. The van der Waals surface area contributed by atoms with Gasteiger partial charge in [-0.2, -0.15) is 4.68 Å². The van der Waals surface area contributed by atoms with Crippen LogP contribution in [0.4, 0.5) is 4.79 Å². The molecule has 0 aliphatic carbocycles. The van der Waals surface area contributed by atoms with Crippen LogP contribution in [0.3, 0.4) is 0 Å². The summed E-state index contributed by atoms with van der Waals surface area (Å²) >= 11 is 1.58. The fraction of sp³-hybridized carbons (Fsp3) is 0.429. The van der Waals surface area contributed by atoms with Gasteiger partial charge in [0.05, 0.1) is 5.69 Å². The molecule has 3 aromatic rings. The molecule has 0 bridgehead atoms. The van der Waals surface area contributed by atoms with Crippen LogP contribution in [0, 0.1) is 5.92 Å². The zero-order chi connectivity index (χ0) is 27.5. The number of likely N-dealkylation sites (tertiary alicyclic amines) is 1. The lowest BCUT2D eigenvalue weighted by atomic mass is 9.90. The Morgan fingerprint density at radius 2 is 1.73 bits per heavy atom. The second kappa shape index (κ2) is 11.7. The average molecular weight is 560 g/mol. The largest absolute Gasteiger partial charge is 0.343 e. The predicted molar refractivity (Wildman–Crippen MR) is 152 cm³/mol. The Kier molecular flexibility index (Phi) is 7.67. The lowest BCUT2D eigenvalue weighted by Gasteiger charge is -2.39. The lowest BCUT2D eigenvalue weighted by Crippen LogP contribution is -2.64. The molecule has 12 heteroatoms. The summed E-state index contributed by atoms with van der Waals surface area (Å²) in [5.41, 5.74) is 2.29. The first-order valence-electron chi connectivity index (χ1n) is 13.8. The minimum Gasteiger partial charge on any atom is -0.343 e. The standard InChI is InChI=1S/C28H33N9O2S/c1-34-24-23(25(38)30-27(34)39)36(15-8-18-40-28-31-32-33-37(28)22-11-6-3-7-12-22)26(29-24)35-16-13-21(14-17-35)19-20-9-4-2-5-10-20/h2-7,9-12,21,23-24H,8,13-19H2,1H3,(H,30,38,39). The Labute approximate surface area is 237 Å². The summed E-state index contributed by atoms with van der Waals surface area (Å²) in [7, 11) is 1.70. The number of benzene rings is 2. The Bertz CT molecular complexity index is 1360. The molecule has 2 aromatic carbocycles. The van der Waals surface area contributed by atoms with Crippen molar-refractivity contribution >= 4 is 29.7 Å². The second-order valence-electron chi connectivity index (χ2n) is 10.4. The molecule has 2 atom stereocenters. The van der Waals surface area contributed by atoms with Gasteiger partial charge in [0, 0.05) is 32.4 Å². The number of aliphatic imine (C=N–C) groups is 1. The van der Waals surface area contributed by atoms with Crippen molar-refractivity contribution in [3.63, 3.8) is 0 Å². The summed E-state index contributed by atoms with van der Waals surface area (Å²) in [6.45, 7) is 2.40. The van der Waals surface area contributed by atoms with Gasteiger partial charge >= 0.3 is 6.03 Å². The number of carbonyl (C=O) groups excluding carboxylic acids is 2. The predicted octanol–water partition coefficient (Wildman–Crippen LogP) is 2.65. The lowest BCUT2D eigenvalue weighted by molar-refractivity contribution is -0.127. The number of fused-ring (bicyclic) bond motifs is 1. The fourth-order valence-corrected chi connectivity index (χ4v) is 6.51. The van der Waals surface area contributed by atoms with E-state index in [0.29, 0.717) is 12.5 Å². The van der Waals surface area contributed by atoms with Gasteiger partial charge in [0.15, 0.2) is 18.2 Å². The monoisotopic (exact) mass is 559 g/mol. The molecule has 2 saturated heterocycles. The van der Waals surface area contributed by atoms with Crippen molar-refractivity contribution < 1.29 is 9.59 Å². The number of hydrogen-bond donors (Lipinski definition) is 1. The minimum absolute atomic E-state index is 0.286. The SMILES string of the molecule is CN1C(=O)NC(=O)C2C1N=C(N1CCC(Cc3ccccc3)CC1)N2CCCSc1nnnn1-c1ccccc1. The van der Waals surface area contributed by atoms with Crippen LogP contribution in [-0.4, -0.2) is 97.4 Å². The number of nitrogens with zero attached hydrogens (tertiary/aromatic N) is 8. The van der Waals surface area contributed by atoms with Crippen LogP contribution in [-0.2, 0) is 11.2 Å². The Morgan fingerprint density at radius 3 is 2.48 bits per heavy atom. The van der Waals surface area contributed by atoms with Gasteiger partial charge in [-0.15, -0.1) is 5.10 Å². The fourth-order valence-electron chi connectivity index (χ4n) is 5.70. The highest BCUT2D eigenvalue weighted by Gasteiger charge is 2.49. The zero-order valence-electron chi connectivity index (χ0n) is 22.5. The molecule has 4 heterocycles. The van der Waals surface area contributed by atoms with E-state index in [1.54, 1.807) is 23.5 Å². The molecule has 2 unspecified atom stereocenters. The number of aromatic nitrogens is 4. The number of imide groups is 1. The maximum Gasteiger partial charge on any atom is 0.325 e. The van der Waals surface area contributed by atoms with Gasteiger partial charge in [-0.3, -0.25) is 10.1 Å². The number of para-hydroxylation sites is 1. The number of likely N-dealkylation sites (N-methyl/N-ethyl adjacent to an activating group) is 1. The van der Waals surface area contributed by atoms with Crippen LogP contribution in [0.25, 0.3) is 5.69 Å². The molecule has 3 amide bonds. The summed E-state index contributed by atoms with van der Waals surface area (Å²) < 4.78 is 1.73. The van der Waals surface area contributed by atoms with Gasteiger partial charge in [-0.1, -0.05) is 60.3 Å². The van der Waals surface area contributed by atoms with Crippen LogP contribution in [0.15, 0.2) is 70.8 Å². The van der Waals surface area contributed by atoms with Crippen molar-refractivity contribution in [1.82, 2.24) is 40.2 Å². The van der Waals surface area contributed by atoms with E-state index in [9.17, 15) is 9.59 Å². The van der Waals surface area contributed by atoms with E-state index < -0.39 is 18.2 Å². The number of piperidine rings is 1. The Balaban J connectivity index is 1.11. The molecule has 6 rings (SSSR count). The number of hydrogen-bond acceptors (Lipinski definition) is 9. The Hall–Kier alpha value is -3.93. The van der Waals surface area contributed by atoms with E-state index >= 15 is 0 Å². The third-order valence-corrected chi connectivity index (χ3v) is 8.83. The van der Waals surface area contributed by atoms with Gasteiger partial charge < -0.3 is 14.7 Å². The number of urea groups is 1. The van der Waals surface area contributed by atoms with Crippen molar-refractivity contribution in [3.8, 4) is 5.69 Å². The molecule has 11 nitrogen and oxygen atoms in total. The highest BCUT2D eigenvalue weighted by molar-refractivity contribution is 7.99. The van der Waals surface area contributed by atoms with Crippen molar-refractivity contribution in [2.75, 3.05) is 32.4 Å². The maximum absolute atomic E-state index is 13.0. The highest BCUT2D eigenvalue weighted by Crippen LogP contribution is 2.29. The van der Waals surface area contributed by atoms with E-state index in [1.807, 2.05) is 30.3 Å². The van der Waals surface area contributed by atoms with Crippen LogP contribution >= 0.6 is 11.8 Å². The quantitative estimate of drug-likeness (QED) is 0.331. The van der Waals surface area contributed by atoms with Crippen LogP contribution in [0.1, 0.15) is 24.8 Å². The number of rotatable bonds is 8. The topological polar surface area (TPSA) is 112 Å². The van der Waals surface area contributed by atoms with Gasteiger partial charge in [-0.25, -0.2) is 9.79 Å². The van der Waals surface area contributed by atoms with Gasteiger partial charge in [-0.05, 0) is 59.7 Å². The molecule has 0 saturated carbocycles. The summed E-state index contributed by atoms with van der Waals surface area (Å²) in [6, 6.07) is 19.5. The molecular formula is C28H33N9O2S. The first-order chi connectivity index (χ1) is 19.6. The van der Waals surface area contributed by atoms with Crippen molar-refractivity contribution in [2.45, 2.75) is 43.0 Å².